The molecule has 1 rings (SSSR count). The van der Waals surface area contributed by atoms with Crippen LogP contribution in [0.1, 0.15) is 480 Å². The van der Waals surface area contributed by atoms with Crippen molar-refractivity contribution in [1.82, 2.24) is 21.3 Å². The maximum absolute atomic E-state index is 14.3. The minimum absolute atomic E-state index is 0.165. The van der Waals surface area contributed by atoms with Crippen molar-refractivity contribution in [2.45, 2.75) is 439 Å². The summed E-state index contributed by atoms with van der Waals surface area (Å²) in [6, 6.07) is 3.08. The molecule has 8 nitrogen and oxygen atoms in total. The molecule has 0 aromatic heterocycles. The van der Waals surface area contributed by atoms with Gasteiger partial charge in [0.1, 0.15) is 0 Å². The number of hydrogen-bond acceptors (Lipinski definition) is 4. The molecule has 0 fully saturated rings. The van der Waals surface area contributed by atoms with E-state index >= 15 is 0 Å². The zero-order chi connectivity index (χ0) is 64.9. The van der Waals surface area contributed by atoms with Crippen LogP contribution in [0.2, 0.25) is 0 Å². The van der Waals surface area contributed by atoms with E-state index in [2.05, 4.69) is 49.0 Å². The Morgan fingerprint density at radius 1 is 0.178 bits per heavy atom. The predicted octanol–water partition coefficient (Wildman–Crippen LogP) is 25.7. The topological polar surface area (TPSA) is 116 Å². The highest BCUT2D eigenvalue weighted by atomic mass is 16.2. The molecule has 0 bridgehead atoms. The Morgan fingerprint density at radius 2 is 0.278 bits per heavy atom. The van der Waals surface area contributed by atoms with Crippen LogP contribution in [0.5, 0.6) is 0 Å². The van der Waals surface area contributed by atoms with E-state index in [1.54, 1.807) is 12.1 Å². The molecule has 8 heteroatoms. The fourth-order valence-electron chi connectivity index (χ4n) is 13.2. The van der Waals surface area contributed by atoms with E-state index in [1.165, 1.54) is 334 Å². The highest BCUT2D eigenvalue weighted by Crippen LogP contribution is 2.22. The standard InChI is InChI=1S/C82H154N4O4/c1-5-9-13-17-21-25-29-33-37-41-45-49-53-57-61-65-69-83-79(87)75-73-77(81(89)85-71-67-63-59-55-51-47-43-39-35-31-27-23-19-15-11-7-3)78(82(90)86-72-68-64-60-56-52-48-44-40-36-32-28-24-20-16-12-8-4)74-76(75)80(88)84-70-66-62-58-54-50-46-42-38-34-30-26-22-18-14-10-6-2/h73-74H,5-72H2,1-4H3,(H,83,87)(H,84,88)(H,85,89)(H,86,90). The molecule has 0 aliphatic heterocycles. The maximum atomic E-state index is 14.3. The number of unbranched alkanes of at least 4 members (excludes halogenated alkanes) is 60. The summed E-state index contributed by atoms with van der Waals surface area (Å²) in [5.74, 6) is -1.46. The van der Waals surface area contributed by atoms with Crippen LogP contribution in [0.3, 0.4) is 0 Å². The van der Waals surface area contributed by atoms with Gasteiger partial charge in [-0.05, 0) is 37.8 Å². The van der Waals surface area contributed by atoms with Crippen LogP contribution >= 0.6 is 0 Å². The van der Waals surface area contributed by atoms with Gasteiger partial charge in [-0.25, -0.2) is 0 Å². The minimum Gasteiger partial charge on any atom is -0.352 e. The Balaban J connectivity index is 2.94. The number of carbonyl (C=O) groups excluding carboxylic acids is 4. The monoisotopic (exact) mass is 1260 g/mol. The second-order valence-electron chi connectivity index (χ2n) is 28.2. The lowest BCUT2D eigenvalue weighted by Gasteiger charge is -2.17. The molecule has 526 valence electrons. The molecule has 0 radical (unpaired) electrons. The third-order valence-electron chi connectivity index (χ3n) is 19.4. The average Bonchev–Trinajstić information content (AvgIpc) is 2.34. The molecule has 1 aromatic rings. The number of amides is 4. The van der Waals surface area contributed by atoms with Gasteiger partial charge in [0, 0.05) is 26.2 Å². The third-order valence-corrected chi connectivity index (χ3v) is 19.4. The first kappa shape index (κ1) is 85.1. The second-order valence-corrected chi connectivity index (χ2v) is 28.2. The van der Waals surface area contributed by atoms with Crippen LogP contribution in [0, 0.1) is 0 Å². The Bertz CT molecular complexity index is 1490. The largest absolute Gasteiger partial charge is 0.352 e. The van der Waals surface area contributed by atoms with Crippen molar-refractivity contribution >= 4 is 23.6 Å². The summed E-state index contributed by atoms with van der Waals surface area (Å²) in [7, 11) is 0. The van der Waals surface area contributed by atoms with Crippen molar-refractivity contribution in [3.05, 3.63) is 34.4 Å². The SMILES string of the molecule is CCCCCCCCCCCCCCCCCCNC(=O)c1cc(C(=O)NCCCCCCCCCCCCCCCCCC)c(C(=O)NCCCCCCCCCCCCCCCCCC)cc1C(=O)NCCCCCCCCCCCCCCCCCC. The summed E-state index contributed by atoms with van der Waals surface area (Å²) in [4.78, 5) is 57.1. The van der Waals surface area contributed by atoms with Crippen LogP contribution < -0.4 is 21.3 Å². The van der Waals surface area contributed by atoms with Crippen molar-refractivity contribution < 1.29 is 19.2 Å². The van der Waals surface area contributed by atoms with Gasteiger partial charge in [-0.1, -0.05) is 413 Å². The lowest BCUT2D eigenvalue weighted by molar-refractivity contribution is 0.0907. The summed E-state index contributed by atoms with van der Waals surface area (Å²) >= 11 is 0. The summed E-state index contributed by atoms with van der Waals surface area (Å²) in [5, 5.41) is 12.5. The molecule has 0 unspecified atom stereocenters. The van der Waals surface area contributed by atoms with Gasteiger partial charge in [-0.3, -0.25) is 19.2 Å². The molecule has 4 amide bonds. The van der Waals surface area contributed by atoms with Crippen LogP contribution in [0.25, 0.3) is 0 Å². The molecule has 0 spiro atoms. The first-order valence-corrected chi connectivity index (χ1v) is 40.7. The molecule has 0 atom stereocenters. The number of hydrogen-bond donors (Lipinski definition) is 4. The normalized spacial score (nSPS) is 11.4. The van der Waals surface area contributed by atoms with Crippen LogP contribution in [-0.4, -0.2) is 49.8 Å². The summed E-state index contributed by atoms with van der Waals surface area (Å²) < 4.78 is 0. The van der Waals surface area contributed by atoms with E-state index in [0.717, 1.165) is 77.0 Å². The van der Waals surface area contributed by atoms with E-state index in [-0.39, 0.29) is 45.9 Å². The maximum Gasteiger partial charge on any atom is 0.252 e. The quantitative estimate of drug-likeness (QED) is 0.0486. The molecule has 0 heterocycles. The van der Waals surface area contributed by atoms with E-state index in [1.807, 2.05) is 0 Å². The molecular formula is C82H154N4O4. The zero-order valence-corrected chi connectivity index (χ0v) is 60.9. The Labute approximate surface area is 560 Å². The Hall–Kier alpha value is -2.90. The van der Waals surface area contributed by atoms with E-state index in [0.29, 0.717) is 26.2 Å². The Morgan fingerprint density at radius 3 is 0.389 bits per heavy atom. The highest BCUT2D eigenvalue weighted by molar-refractivity contribution is 6.14. The molecule has 1 aromatic carbocycles. The van der Waals surface area contributed by atoms with E-state index in [4.69, 9.17) is 0 Å². The van der Waals surface area contributed by atoms with Crippen molar-refractivity contribution in [1.29, 1.82) is 0 Å². The summed E-state index contributed by atoms with van der Waals surface area (Å²) in [6.07, 6.45) is 82.3. The van der Waals surface area contributed by atoms with E-state index < -0.39 is 0 Å². The van der Waals surface area contributed by atoms with Gasteiger partial charge in [-0.2, -0.15) is 0 Å². The second kappa shape index (κ2) is 68.9. The van der Waals surface area contributed by atoms with Crippen molar-refractivity contribution in [3.63, 3.8) is 0 Å². The molecule has 0 aliphatic rings. The molecule has 0 saturated heterocycles. The first-order chi connectivity index (χ1) is 44.4. The average molecular weight is 1260 g/mol. The number of benzene rings is 1. The van der Waals surface area contributed by atoms with Gasteiger partial charge in [-0.15, -0.1) is 0 Å². The lowest BCUT2D eigenvalue weighted by Crippen LogP contribution is -2.34. The smallest absolute Gasteiger partial charge is 0.252 e. The minimum atomic E-state index is -0.365. The molecule has 0 saturated carbocycles. The first-order valence-electron chi connectivity index (χ1n) is 40.7. The number of carbonyl (C=O) groups is 4. The molecule has 0 aliphatic carbocycles. The predicted molar refractivity (Wildman–Crippen MR) is 394 cm³/mol. The van der Waals surface area contributed by atoms with Gasteiger partial charge in [0.25, 0.3) is 23.6 Å². The number of nitrogens with one attached hydrogen (secondary N) is 4. The van der Waals surface area contributed by atoms with Crippen molar-refractivity contribution in [2.75, 3.05) is 26.2 Å². The van der Waals surface area contributed by atoms with Crippen LogP contribution in [0.4, 0.5) is 0 Å². The van der Waals surface area contributed by atoms with Gasteiger partial charge in [0.2, 0.25) is 0 Å². The van der Waals surface area contributed by atoms with Crippen molar-refractivity contribution in [2.24, 2.45) is 0 Å². The zero-order valence-electron chi connectivity index (χ0n) is 60.9. The Kier molecular flexibility index (Phi) is 65.2. The van der Waals surface area contributed by atoms with Gasteiger partial charge < -0.3 is 21.3 Å². The highest BCUT2D eigenvalue weighted by Gasteiger charge is 2.26. The fourth-order valence-corrected chi connectivity index (χ4v) is 13.2. The molecular weight excluding hydrogens is 1100 g/mol. The summed E-state index contributed by atoms with van der Waals surface area (Å²) in [6.45, 7) is 11.1. The molecule has 4 N–H and O–H groups in total. The van der Waals surface area contributed by atoms with Gasteiger partial charge >= 0.3 is 0 Å². The fraction of sp³-hybridized carbons (Fsp3) is 0.878. The van der Waals surface area contributed by atoms with Crippen molar-refractivity contribution in [3.8, 4) is 0 Å². The van der Waals surface area contributed by atoms with Gasteiger partial charge in [0.15, 0.2) is 0 Å². The van der Waals surface area contributed by atoms with Gasteiger partial charge in [0.05, 0.1) is 22.3 Å². The molecule has 90 heavy (non-hydrogen) atoms. The lowest BCUT2D eigenvalue weighted by atomic mass is 9.95. The van der Waals surface area contributed by atoms with Crippen LogP contribution in [-0.2, 0) is 0 Å². The third kappa shape index (κ3) is 54.5. The number of rotatable bonds is 72. The summed E-state index contributed by atoms with van der Waals surface area (Å²) in [5.41, 5.74) is 0.659. The van der Waals surface area contributed by atoms with Crippen LogP contribution in [0.15, 0.2) is 12.1 Å². The van der Waals surface area contributed by atoms with E-state index in [9.17, 15) is 19.2 Å².